The van der Waals surface area contributed by atoms with Crippen molar-refractivity contribution in [3.05, 3.63) is 58.9 Å². The number of pyridine rings is 1. The van der Waals surface area contributed by atoms with Crippen molar-refractivity contribution in [1.82, 2.24) is 4.98 Å². The van der Waals surface area contributed by atoms with Gasteiger partial charge in [-0.05, 0) is 98.2 Å². The summed E-state index contributed by atoms with van der Waals surface area (Å²) >= 11 is 5.92. The zero-order valence-corrected chi connectivity index (χ0v) is 16.7. The predicted molar refractivity (Wildman–Crippen MR) is 110 cm³/mol. The number of benzene rings is 1. The van der Waals surface area contributed by atoms with E-state index >= 15 is 0 Å². The second-order valence-corrected chi connectivity index (χ2v) is 8.87. The van der Waals surface area contributed by atoms with Gasteiger partial charge in [0.25, 0.3) is 0 Å². The Balaban J connectivity index is 1.34. The molecule has 4 rings (SSSR count). The van der Waals surface area contributed by atoms with Gasteiger partial charge in [-0.1, -0.05) is 18.5 Å². The normalized spacial score (nSPS) is 28.0. The number of aromatic nitrogens is 1. The van der Waals surface area contributed by atoms with Crippen LogP contribution in [0.4, 0.5) is 5.69 Å². The molecule has 3 nitrogen and oxygen atoms in total. The van der Waals surface area contributed by atoms with Crippen molar-refractivity contribution in [1.29, 1.82) is 0 Å². The van der Waals surface area contributed by atoms with E-state index in [4.69, 9.17) is 11.6 Å². The molecule has 1 N–H and O–H groups in total. The third-order valence-corrected chi connectivity index (χ3v) is 6.93. The first kappa shape index (κ1) is 18.5. The molecule has 2 unspecified atom stereocenters. The van der Waals surface area contributed by atoms with Crippen molar-refractivity contribution in [2.24, 2.45) is 23.7 Å². The maximum Gasteiger partial charge on any atom is 0.227 e. The van der Waals surface area contributed by atoms with Crippen LogP contribution in [0, 0.1) is 30.6 Å². The molecule has 0 saturated heterocycles. The highest BCUT2D eigenvalue weighted by Gasteiger charge is 2.44. The summed E-state index contributed by atoms with van der Waals surface area (Å²) in [5.74, 6) is 2.86. The fraction of sp³-hybridized carbons (Fsp3) is 0.478. The predicted octanol–water partition coefficient (Wildman–Crippen LogP) is 5.84. The number of halogens is 1. The van der Waals surface area contributed by atoms with Gasteiger partial charge in [-0.15, -0.1) is 0 Å². The Hall–Kier alpha value is -1.87. The minimum atomic E-state index is 0.0490. The summed E-state index contributed by atoms with van der Waals surface area (Å²) < 4.78 is 0. The van der Waals surface area contributed by atoms with Gasteiger partial charge in [0.05, 0.1) is 0 Å². The lowest BCUT2D eigenvalue weighted by Crippen LogP contribution is -2.26. The smallest absolute Gasteiger partial charge is 0.227 e. The quantitative estimate of drug-likeness (QED) is 0.721. The lowest BCUT2D eigenvalue weighted by molar-refractivity contribution is -0.120. The number of nitrogens with zero attached hydrogens (tertiary/aromatic N) is 1. The molecule has 0 bridgehead atoms. The Kier molecular flexibility index (Phi) is 5.23. The molecular formula is C23H27ClN2O. The summed E-state index contributed by atoms with van der Waals surface area (Å²) in [5, 5.41) is 3.73. The zero-order chi connectivity index (χ0) is 19.0. The highest BCUT2D eigenvalue weighted by Crippen LogP contribution is 2.54. The first-order valence-corrected chi connectivity index (χ1v) is 10.4. The minimum Gasteiger partial charge on any atom is -0.326 e. The van der Waals surface area contributed by atoms with Crippen LogP contribution in [-0.4, -0.2) is 10.9 Å². The van der Waals surface area contributed by atoms with Crippen molar-refractivity contribution >= 4 is 23.2 Å². The van der Waals surface area contributed by atoms with Crippen LogP contribution in [0.3, 0.4) is 0 Å². The van der Waals surface area contributed by atoms with Crippen LogP contribution in [-0.2, 0) is 4.79 Å². The van der Waals surface area contributed by atoms with E-state index in [1.165, 1.54) is 31.2 Å². The lowest BCUT2D eigenvalue weighted by Gasteiger charge is -2.21. The van der Waals surface area contributed by atoms with Gasteiger partial charge in [0, 0.05) is 28.5 Å². The number of hydrogen-bond acceptors (Lipinski definition) is 2. The van der Waals surface area contributed by atoms with E-state index in [1.807, 2.05) is 30.5 Å². The lowest BCUT2D eigenvalue weighted by atomic mass is 9.86. The number of aryl methyl sites for hydroxylation is 1. The second-order valence-electron chi connectivity index (χ2n) is 8.44. The molecule has 0 aliphatic heterocycles. The fourth-order valence-electron chi connectivity index (χ4n) is 5.17. The van der Waals surface area contributed by atoms with Crippen molar-refractivity contribution in [2.45, 2.75) is 45.4 Å². The Morgan fingerprint density at radius 3 is 2.41 bits per heavy atom. The maximum atomic E-state index is 12.7. The van der Waals surface area contributed by atoms with Crippen molar-refractivity contribution < 1.29 is 4.79 Å². The molecule has 2 saturated carbocycles. The van der Waals surface area contributed by atoms with E-state index in [-0.39, 0.29) is 11.8 Å². The Bertz CT molecular complexity index is 805. The highest BCUT2D eigenvalue weighted by molar-refractivity contribution is 6.30. The average Bonchev–Trinajstić information content (AvgIpc) is 3.22. The van der Waals surface area contributed by atoms with Crippen molar-refractivity contribution in [2.75, 3.05) is 5.32 Å². The molecule has 4 heteroatoms. The van der Waals surface area contributed by atoms with Crippen LogP contribution in [0.5, 0.6) is 0 Å². The monoisotopic (exact) mass is 382 g/mol. The summed E-state index contributed by atoms with van der Waals surface area (Å²) in [6, 6.07) is 11.8. The number of carbonyl (C=O) groups is 1. The van der Waals surface area contributed by atoms with Crippen LogP contribution < -0.4 is 5.32 Å². The van der Waals surface area contributed by atoms with Crippen LogP contribution in [0.25, 0.3) is 0 Å². The Morgan fingerprint density at radius 1 is 1.11 bits per heavy atom. The molecular weight excluding hydrogens is 356 g/mol. The fourth-order valence-corrected chi connectivity index (χ4v) is 5.29. The van der Waals surface area contributed by atoms with E-state index in [1.54, 1.807) is 0 Å². The largest absolute Gasteiger partial charge is 0.326 e. The van der Waals surface area contributed by atoms with Crippen LogP contribution in [0.2, 0.25) is 5.02 Å². The number of hydrogen-bond donors (Lipinski definition) is 1. The third-order valence-electron chi connectivity index (χ3n) is 6.68. The summed E-state index contributed by atoms with van der Waals surface area (Å²) in [6.07, 6.45) is 6.82. The Morgan fingerprint density at radius 2 is 1.78 bits per heavy atom. The maximum absolute atomic E-state index is 12.7. The number of fused-ring (bicyclic) bond motifs is 1. The molecule has 2 aliphatic rings. The topological polar surface area (TPSA) is 42.0 Å². The molecule has 0 radical (unpaired) electrons. The van der Waals surface area contributed by atoms with Gasteiger partial charge in [-0.25, -0.2) is 0 Å². The van der Waals surface area contributed by atoms with E-state index in [9.17, 15) is 4.79 Å². The number of amides is 1. The summed E-state index contributed by atoms with van der Waals surface area (Å²) in [5.41, 5.74) is 3.37. The molecule has 2 aromatic rings. The van der Waals surface area contributed by atoms with Gasteiger partial charge in [0.15, 0.2) is 0 Å². The van der Waals surface area contributed by atoms with Crippen LogP contribution in [0.1, 0.15) is 49.8 Å². The first-order valence-electron chi connectivity index (χ1n) is 9.98. The van der Waals surface area contributed by atoms with Crippen molar-refractivity contribution in [3.63, 3.8) is 0 Å². The molecule has 27 heavy (non-hydrogen) atoms. The number of nitrogens with one attached hydrogen (secondary N) is 1. The number of rotatable bonds is 4. The van der Waals surface area contributed by atoms with Crippen molar-refractivity contribution in [3.8, 4) is 0 Å². The third kappa shape index (κ3) is 4.03. The molecule has 2 aliphatic carbocycles. The van der Waals surface area contributed by atoms with E-state index in [2.05, 4.69) is 36.3 Å². The van der Waals surface area contributed by atoms with Gasteiger partial charge < -0.3 is 5.32 Å². The SMILES string of the molecule is Cc1cc(C2C[C@@H]3CC([C@@H](C)C(=O)Nc4ccc(Cl)cc4)C[C@@H]3C2)ccn1. The second kappa shape index (κ2) is 7.63. The Labute approximate surface area is 166 Å². The highest BCUT2D eigenvalue weighted by atomic mass is 35.5. The summed E-state index contributed by atoms with van der Waals surface area (Å²) in [4.78, 5) is 17.0. The van der Waals surface area contributed by atoms with Crippen LogP contribution in [0.15, 0.2) is 42.6 Å². The molecule has 0 spiro atoms. The van der Waals surface area contributed by atoms with Gasteiger partial charge in [-0.2, -0.15) is 0 Å². The standard InChI is InChI=1S/C23H27ClN2O/c1-14-9-16(7-8-25-14)18-12-19-10-17(11-20(19)13-18)15(2)23(27)26-22-5-3-21(24)4-6-22/h3-9,15,17-20H,10-13H2,1-2H3,(H,26,27)/t15-,17?,18?,19-,20+/m1/s1. The number of carbonyl (C=O) groups excluding carboxylic acids is 1. The average molecular weight is 383 g/mol. The van der Waals surface area contributed by atoms with Gasteiger partial charge in [-0.3, -0.25) is 9.78 Å². The molecule has 142 valence electrons. The molecule has 1 heterocycles. The first-order chi connectivity index (χ1) is 13.0. The van der Waals surface area contributed by atoms with E-state index < -0.39 is 0 Å². The van der Waals surface area contributed by atoms with Crippen LogP contribution >= 0.6 is 11.6 Å². The molecule has 2 fully saturated rings. The molecule has 1 amide bonds. The molecule has 1 aromatic carbocycles. The van der Waals surface area contributed by atoms with Gasteiger partial charge in [0.1, 0.15) is 0 Å². The summed E-state index contributed by atoms with van der Waals surface area (Å²) in [6.45, 7) is 4.15. The van der Waals surface area contributed by atoms with Gasteiger partial charge >= 0.3 is 0 Å². The minimum absolute atomic E-state index is 0.0490. The molecule has 5 atom stereocenters. The van der Waals surface area contributed by atoms with Gasteiger partial charge in [0.2, 0.25) is 5.91 Å². The van der Waals surface area contributed by atoms with E-state index in [0.717, 1.165) is 23.2 Å². The van der Waals surface area contributed by atoms with E-state index in [0.29, 0.717) is 16.9 Å². The molecule has 1 aromatic heterocycles. The zero-order valence-electron chi connectivity index (χ0n) is 16.0. The number of anilines is 1. The summed E-state index contributed by atoms with van der Waals surface area (Å²) in [7, 11) is 0.